The Kier molecular flexibility index (Phi) is 8.29. The minimum atomic E-state index is -0.534. The summed E-state index contributed by atoms with van der Waals surface area (Å²) >= 11 is 0. The van der Waals surface area contributed by atoms with E-state index in [4.69, 9.17) is 19.4 Å². The summed E-state index contributed by atoms with van der Waals surface area (Å²) in [5, 5.41) is 8.20. The Balaban J connectivity index is 1.40. The fourth-order valence-electron chi connectivity index (χ4n) is 5.20. The molecule has 1 amide bonds. The van der Waals surface area contributed by atoms with E-state index in [0.717, 1.165) is 44.6 Å². The molecule has 5 rings (SSSR count). The van der Waals surface area contributed by atoms with E-state index in [0.29, 0.717) is 23.7 Å². The van der Waals surface area contributed by atoms with Gasteiger partial charge in [-0.05, 0) is 82.0 Å². The van der Waals surface area contributed by atoms with E-state index < -0.39 is 11.6 Å². The van der Waals surface area contributed by atoms with E-state index in [-0.39, 0.29) is 18.4 Å². The molecule has 3 aromatic heterocycles. The lowest BCUT2D eigenvalue weighted by atomic mass is 9.98. The van der Waals surface area contributed by atoms with Crippen molar-refractivity contribution in [2.45, 2.75) is 65.6 Å². The number of nitrogens with two attached hydrogens (primary N) is 1. The summed E-state index contributed by atoms with van der Waals surface area (Å²) in [5.74, 6) is 1.18. The molecule has 0 saturated carbocycles. The Labute approximate surface area is 246 Å². The molecule has 0 bridgehead atoms. The molecule has 2 atom stereocenters. The van der Waals surface area contributed by atoms with Gasteiger partial charge in [0.1, 0.15) is 23.2 Å². The normalized spacial score (nSPS) is 13.3. The number of rotatable bonds is 10. The van der Waals surface area contributed by atoms with Crippen LogP contribution in [0, 0.1) is 27.7 Å². The fourth-order valence-corrected chi connectivity index (χ4v) is 5.20. The molecule has 2 aromatic carbocycles. The highest BCUT2D eigenvalue weighted by atomic mass is 16.5. The van der Waals surface area contributed by atoms with Crippen LogP contribution in [0.25, 0.3) is 11.0 Å². The maximum Gasteiger partial charge on any atom is 0.225 e. The minimum Gasteiger partial charge on any atom is -0.458 e. The first-order chi connectivity index (χ1) is 20.0. The first-order valence-corrected chi connectivity index (χ1v) is 14.1. The number of hydrogen-bond acceptors (Lipinski definition) is 7. The highest BCUT2D eigenvalue weighted by Crippen LogP contribution is 2.35. The number of hydrogen-bond donors (Lipinski definition) is 2. The van der Waals surface area contributed by atoms with E-state index in [1.165, 1.54) is 0 Å². The van der Waals surface area contributed by atoms with E-state index >= 15 is 0 Å². The molecule has 3 heterocycles. The number of pyridine rings is 1. The van der Waals surface area contributed by atoms with Crippen LogP contribution in [-0.2, 0) is 16.0 Å². The summed E-state index contributed by atoms with van der Waals surface area (Å²) in [4.78, 5) is 18.1. The molecule has 8 heteroatoms. The SMILES string of the molecule is Cc1cnc(C(NC(=O)Cc2ccc3oc(C(OCC(C)(C)N)c4c(C)noc4C)cc3c2)c2ccccc2)c(C)c1. The van der Waals surface area contributed by atoms with E-state index in [2.05, 4.69) is 21.5 Å². The van der Waals surface area contributed by atoms with Gasteiger partial charge in [0.25, 0.3) is 0 Å². The lowest BCUT2D eigenvalue weighted by molar-refractivity contribution is -0.121. The van der Waals surface area contributed by atoms with E-state index in [1.54, 1.807) is 0 Å². The second-order valence-corrected chi connectivity index (χ2v) is 11.7. The number of amides is 1. The van der Waals surface area contributed by atoms with Gasteiger partial charge in [0.05, 0.1) is 36.0 Å². The van der Waals surface area contributed by atoms with Gasteiger partial charge >= 0.3 is 0 Å². The Morgan fingerprint density at radius 3 is 2.48 bits per heavy atom. The third-order valence-corrected chi connectivity index (χ3v) is 7.16. The van der Waals surface area contributed by atoms with Gasteiger partial charge < -0.3 is 24.7 Å². The molecule has 0 saturated heterocycles. The largest absolute Gasteiger partial charge is 0.458 e. The van der Waals surface area contributed by atoms with Crippen molar-refractivity contribution in [1.29, 1.82) is 0 Å². The minimum absolute atomic E-state index is 0.101. The third kappa shape index (κ3) is 6.61. The Hall–Kier alpha value is -4.27. The lowest BCUT2D eigenvalue weighted by Gasteiger charge is -2.23. The van der Waals surface area contributed by atoms with Crippen molar-refractivity contribution in [2.24, 2.45) is 5.73 Å². The van der Waals surface area contributed by atoms with Gasteiger partial charge in [-0.3, -0.25) is 9.78 Å². The van der Waals surface area contributed by atoms with E-state index in [1.807, 2.05) is 102 Å². The molecule has 0 aliphatic heterocycles. The second-order valence-electron chi connectivity index (χ2n) is 11.7. The molecular formula is C34H38N4O4. The zero-order valence-electron chi connectivity index (χ0n) is 25.0. The van der Waals surface area contributed by atoms with Crippen LogP contribution in [-0.4, -0.2) is 28.2 Å². The summed E-state index contributed by atoms with van der Waals surface area (Å²) in [6.45, 7) is 11.9. The first kappa shape index (κ1) is 29.2. The fraction of sp³-hybridized carbons (Fsp3) is 0.324. The highest BCUT2D eigenvalue weighted by Gasteiger charge is 2.28. The van der Waals surface area contributed by atoms with Crippen LogP contribution in [0.1, 0.15) is 76.7 Å². The molecule has 0 aliphatic rings. The van der Waals surface area contributed by atoms with Gasteiger partial charge in [-0.1, -0.05) is 47.6 Å². The average Bonchev–Trinajstić information content (AvgIpc) is 3.50. The number of aryl methyl sites for hydroxylation is 4. The summed E-state index contributed by atoms with van der Waals surface area (Å²) in [5.41, 5.74) is 12.7. The second kappa shape index (κ2) is 11.9. The number of carbonyl (C=O) groups is 1. The molecule has 218 valence electrons. The monoisotopic (exact) mass is 566 g/mol. The van der Waals surface area contributed by atoms with Crippen LogP contribution in [0.2, 0.25) is 0 Å². The number of nitrogens with zero attached hydrogens (tertiary/aromatic N) is 2. The number of furan rings is 1. The Bertz CT molecular complexity index is 1680. The van der Waals surface area contributed by atoms with Crippen LogP contribution >= 0.6 is 0 Å². The predicted octanol–water partition coefficient (Wildman–Crippen LogP) is 6.34. The smallest absolute Gasteiger partial charge is 0.225 e. The van der Waals surface area contributed by atoms with Gasteiger partial charge in [-0.2, -0.15) is 0 Å². The van der Waals surface area contributed by atoms with Gasteiger partial charge in [-0.15, -0.1) is 0 Å². The summed E-state index contributed by atoms with van der Waals surface area (Å²) < 4.78 is 18.0. The number of carbonyl (C=O) groups excluding carboxylic acids is 1. The zero-order chi connectivity index (χ0) is 30.0. The van der Waals surface area contributed by atoms with Gasteiger partial charge in [0, 0.05) is 17.1 Å². The number of nitrogens with one attached hydrogen (secondary N) is 1. The molecule has 0 aliphatic carbocycles. The first-order valence-electron chi connectivity index (χ1n) is 14.1. The van der Waals surface area contributed by atoms with Crippen molar-refractivity contribution >= 4 is 16.9 Å². The summed E-state index contributed by atoms with van der Waals surface area (Å²) in [7, 11) is 0. The van der Waals surface area contributed by atoms with Crippen molar-refractivity contribution in [3.05, 3.63) is 118 Å². The highest BCUT2D eigenvalue weighted by molar-refractivity contribution is 5.83. The standard InChI is InChI=1S/C34H38N4O4/c1-20-14-21(2)31(36-18-20)32(25-10-8-7-9-11-25)37-29(39)16-24-12-13-27-26(15-24)17-28(41-27)33(40-19-34(5,6)35)30-22(3)38-42-23(30)4/h7-15,17-18,32-33H,16,19,35H2,1-6H3,(H,37,39). The van der Waals surface area contributed by atoms with Crippen LogP contribution in [0.3, 0.4) is 0 Å². The third-order valence-electron chi connectivity index (χ3n) is 7.16. The van der Waals surface area contributed by atoms with Crippen molar-refractivity contribution < 1.29 is 18.5 Å². The van der Waals surface area contributed by atoms with Crippen LogP contribution in [0.5, 0.6) is 0 Å². The molecule has 0 fully saturated rings. The Morgan fingerprint density at radius 1 is 1.05 bits per heavy atom. The molecule has 0 radical (unpaired) electrons. The predicted molar refractivity (Wildman–Crippen MR) is 162 cm³/mol. The maximum atomic E-state index is 13.4. The van der Waals surface area contributed by atoms with Crippen LogP contribution in [0.15, 0.2) is 75.8 Å². The average molecular weight is 567 g/mol. The molecule has 8 nitrogen and oxygen atoms in total. The number of fused-ring (bicyclic) bond motifs is 1. The van der Waals surface area contributed by atoms with Crippen LogP contribution in [0.4, 0.5) is 0 Å². The van der Waals surface area contributed by atoms with Crippen molar-refractivity contribution in [3.8, 4) is 0 Å². The quantitative estimate of drug-likeness (QED) is 0.203. The summed E-state index contributed by atoms with van der Waals surface area (Å²) in [6.07, 6.45) is 1.51. The molecule has 2 unspecified atom stereocenters. The number of benzene rings is 2. The van der Waals surface area contributed by atoms with Crippen molar-refractivity contribution in [2.75, 3.05) is 6.61 Å². The van der Waals surface area contributed by atoms with Gasteiger partial charge in [0.15, 0.2) is 0 Å². The van der Waals surface area contributed by atoms with Crippen molar-refractivity contribution in [1.82, 2.24) is 15.5 Å². The lowest BCUT2D eigenvalue weighted by Crippen LogP contribution is -2.38. The molecule has 42 heavy (non-hydrogen) atoms. The zero-order valence-corrected chi connectivity index (χ0v) is 25.0. The molecule has 3 N–H and O–H groups in total. The van der Waals surface area contributed by atoms with Gasteiger partial charge in [0.2, 0.25) is 5.91 Å². The molecular weight excluding hydrogens is 528 g/mol. The van der Waals surface area contributed by atoms with E-state index in [9.17, 15) is 4.79 Å². The number of ether oxygens (including phenoxy) is 1. The molecule has 5 aromatic rings. The van der Waals surface area contributed by atoms with Crippen molar-refractivity contribution in [3.63, 3.8) is 0 Å². The van der Waals surface area contributed by atoms with Gasteiger partial charge in [-0.25, -0.2) is 0 Å². The Morgan fingerprint density at radius 2 is 1.81 bits per heavy atom. The van der Waals surface area contributed by atoms with Crippen LogP contribution < -0.4 is 11.1 Å². The summed E-state index contributed by atoms with van der Waals surface area (Å²) in [6, 6.07) is 19.4. The molecule has 0 spiro atoms. The topological polar surface area (TPSA) is 116 Å². The number of aromatic nitrogens is 2. The maximum absolute atomic E-state index is 13.4.